The van der Waals surface area contributed by atoms with Crippen LogP contribution in [0.1, 0.15) is 11.1 Å². The lowest BCUT2D eigenvalue weighted by atomic mass is 10.2. The van der Waals surface area contributed by atoms with Gasteiger partial charge in [-0.2, -0.15) is 13.2 Å². The zero-order valence-corrected chi connectivity index (χ0v) is 21.9. The molecule has 1 aromatic heterocycles. The lowest BCUT2D eigenvalue weighted by molar-refractivity contribution is -0.137. The Bertz CT molecular complexity index is 1390. The highest BCUT2D eigenvalue weighted by Gasteiger charge is 2.30. The van der Waals surface area contributed by atoms with E-state index in [-0.39, 0.29) is 5.69 Å². The molecule has 4 aromatic rings. The minimum atomic E-state index is -4.44. The highest BCUT2D eigenvalue weighted by atomic mass is 32.1. The number of amides is 2. The van der Waals surface area contributed by atoms with Crippen molar-refractivity contribution in [3.05, 3.63) is 83.9 Å². The predicted octanol–water partition coefficient (Wildman–Crippen LogP) is 6.30. The summed E-state index contributed by atoms with van der Waals surface area (Å²) < 4.78 is 45.2. The molecule has 2 heterocycles. The first-order chi connectivity index (χ1) is 18.8. The number of morpholine rings is 1. The maximum atomic E-state index is 13.4. The summed E-state index contributed by atoms with van der Waals surface area (Å²) in [5, 5.41) is 6.88. The number of urea groups is 1. The number of alkyl halides is 3. The van der Waals surface area contributed by atoms with E-state index in [0.717, 1.165) is 46.1 Å². The summed E-state index contributed by atoms with van der Waals surface area (Å²) >= 11 is 1.50. The van der Waals surface area contributed by atoms with Crippen molar-refractivity contribution in [3.63, 3.8) is 0 Å². The Balaban J connectivity index is 1.34. The van der Waals surface area contributed by atoms with Crippen LogP contribution < -0.4 is 15.5 Å². The SMILES string of the molecule is O=C(Nc1ccc(C(F)(F)F)cc1)N(CCN1CCOCC1)c1ccc2nc(NCc3ccccc3)sc2c1. The molecule has 0 radical (unpaired) electrons. The smallest absolute Gasteiger partial charge is 0.379 e. The van der Waals surface area contributed by atoms with Crippen molar-refractivity contribution >= 4 is 44.1 Å². The maximum Gasteiger partial charge on any atom is 0.416 e. The third-order valence-corrected chi connectivity index (χ3v) is 7.40. The third kappa shape index (κ3) is 7.05. The molecule has 0 spiro atoms. The van der Waals surface area contributed by atoms with Crippen LogP contribution in [-0.2, 0) is 17.5 Å². The summed E-state index contributed by atoms with van der Waals surface area (Å²) in [4.78, 5) is 21.9. The number of hydrogen-bond acceptors (Lipinski definition) is 6. The molecular formula is C28H28F3N5O2S. The van der Waals surface area contributed by atoms with Gasteiger partial charge < -0.3 is 15.4 Å². The standard InChI is InChI=1S/C28H28F3N5O2S/c29-28(30,31)21-6-8-22(9-7-21)33-27(37)36(13-12-35-14-16-38-17-15-35)23-10-11-24-25(18-23)39-26(34-24)32-19-20-4-2-1-3-5-20/h1-11,18H,12-17,19H2,(H,32,34)(H,33,37). The third-order valence-electron chi connectivity index (χ3n) is 6.42. The van der Waals surface area contributed by atoms with Crippen molar-refractivity contribution < 1.29 is 22.7 Å². The zero-order chi connectivity index (χ0) is 27.2. The number of ether oxygens (including phenoxy) is 1. The number of hydrogen-bond donors (Lipinski definition) is 2. The first kappa shape index (κ1) is 26.9. The van der Waals surface area contributed by atoms with Gasteiger partial charge in [0.25, 0.3) is 0 Å². The van der Waals surface area contributed by atoms with E-state index in [2.05, 4.69) is 20.5 Å². The fourth-order valence-electron chi connectivity index (χ4n) is 4.28. The number of nitrogens with zero attached hydrogens (tertiary/aromatic N) is 3. The number of thiazole rings is 1. The molecule has 5 rings (SSSR count). The maximum absolute atomic E-state index is 13.4. The van der Waals surface area contributed by atoms with E-state index >= 15 is 0 Å². The monoisotopic (exact) mass is 555 g/mol. The molecule has 1 aliphatic rings. The van der Waals surface area contributed by atoms with E-state index in [1.165, 1.54) is 23.5 Å². The summed E-state index contributed by atoms with van der Waals surface area (Å²) in [6.07, 6.45) is -4.44. The molecule has 11 heteroatoms. The van der Waals surface area contributed by atoms with Crippen molar-refractivity contribution in [3.8, 4) is 0 Å². The summed E-state index contributed by atoms with van der Waals surface area (Å²) in [5.74, 6) is 0. The lowest BCUT2D eigenvalue weighted by Crippen LogP contribution is -2.44. The van der Waals surface area contributed by atoms with E-state index in [0.29, 0.717) is 38.5 Å². The number of carbonyl (C=O) groups is 1. The van der Waals surface area contributed by atoms with Crippen LogP contribution in [0.2, 0.25) is 0 Å². The normalized spacial score (nSPS) is 14.3. The molecule has 0 saturated carbocycles. The van der Waals surface area contributed by atoms with Gasteiger partial charge in [-0.15, -0.1) is 0 Å². The van der Waals surface area contributed by atoms with E-state index < -0.39 is 17.8 Å². The fraction of sp³-hybridized carbons (Fsp3) is 0.286. The Morgan fingerprint density at radius 1 is 1.03 bits per heavy atom. The average Bonchev–Trinajstić information content (AvgIpc) is 3.35. The molecule has 39 heavy (non-hydrogen) atoms. The van der Waals surface area contributed by atoms with E-state index in [1.807, 2.05) is 48.5 Å². The number of rotatable bonds is 8. The summed E-state index contributed by atoms with van der Waals surface area (Å²) in [6.45, 7) is 4.52. The Labute approximate surface area is 228 Å². The second kappa shape index (κ2) is 12.0. The Morgan fingerprint density at radius 2 is 1.77 bits per heavy atom. The molecule has 0 atom stereocenters. The molecule has 7 nitrogen and oxygen atoms in total. The van der Waals surface area contributed by atoms with Crippen molar-refractivity contribution in [1.29, 1.82) is 0 Å². The van der Waals surface area contributed by atoms with E-state index in [9.17, 15) is 18.0 Å². The van der Waals surface area contributed by atoms with Gasteiger partial charge in [0.2, 0.25) is 0 Å². The molecule has 3 aromatic carbocycles. The van der Waals surface area contributed by atoms with Crippen LogP contribution in [-0.4, -0.2) is 55.3 Å². The van der Waals surface area contributed by atoms with Gasteiger partial charge in [-0.05, 0) is 48.0 Å². The van der Waals surface area contributed by atoms with Crippen LogP contribution in [0.3, 0.4) is 0 Å². The van der Waals surface area contributed by atoms with Gasteiger partial charge in [0.05, 0.1) is 29.0 Å². The highest BCUT2D eigenvalue weighted by molar-refractivity contribution is 7.22. The van der Waals surface area contributed by atoms with Gasteiger partial charge in [-0.3, -0.25) is 9.80 Å². The quantitative estimate of drug-likeness (QED) is 0.267. The van der Waals surface area contributed by atoms with Crippen LogP contribution in [0.15, 0.2) is 72.8 Å². The van der Waals surface area contributed by atoms with Gasteiger partial charge in [0.1, 0.15) is 0 Å². The van der Waals surface area contributed by atoms with Crippen molar-refractivity contribution in [1.82, 2.24) is 9.88 Å². The highest BCUT2D eigenvalue weighted by Crippen LogP contribution is 2.32. The first-order valence-electron chi connectivity index (χ1n) is 12.6. The number of aromatic nitrogens is 1. The number of nitrogens with one attached hydrogen (secondary N) is 2. The molecule has 1 fully saturated rings. The molecule has 1 aliphatic heterocycles. The Hall–Kier alpha value is -3.67. The number of fused-ring (bicyclic) bond motifs is 1. The number of halogens is 3. The average molecular weight is 556 g/mol. The number of carbonyl (C=O) groups excluding carboxylic acids is 1. The largest absolute Gasteiger partial charge is 0.416 e. The lowest BCUT2D eigenvalue weighted by Gasteiger charge is -2.30. The van der Waals surface area contributed by atoms with E-state index in [4.69, 9.17) is 4.74 Å². The Kier molecular flexibility index (Phi) is 8.30. The van der Waals surface area contributed by atoms with Gasteiger partial charge in [-0.25, -0.2) is 9.78 Å². The van der Waals surface area contributed by atoms with Crippen LogP contribution in [0.4, 0.5) is 34.5 Å². The van der Waals surface area contributed by atoms with Crippen molar-refractivity contribution in [2.75, 3.05) is 54.9 Å². The van der Waals surface area contributed by atoms with Crippen molar-refractivity contribution in [2.24, 2.45) is 0 Å². The van der Waals surface area contributed by atoms with Gasteiger partial charge in [0.15, 0.2) is 5.13 Å². The topological polar surface area (TPSA) is 69.7 Å². The van der Waals surface area contributed by atoms with Crippen LogP contribution >= 0.6 is 11.3 Å². The number of benzene rings is 3. The minimum Gasteiger partial charge on any atom is -0.379 e. The zero-order valence-electron chi connectivity index (χ0n) is 21.1. The minimum absolute atomic E-state index is 0.288. The second-order valence-electron chi connectivity index (χ2n) is 9.12. The van der Waals surface area contributed by atoms with Crippen LogP contribution in [0.25, 0.3) is 10.2 Å². The molecule has 0 aliphatic carbocycles. The van der Waals surface area contributed by atoms with Gasteiger partial charge >= 0.3 is 12.2 Å². The van der Waals surface area contributed by atoms with Crippen LogP contribution in [0.5, 0.6) is 0 Å². The molecular weight excluding hydrogens is 527 g/mol. The summed E-state index contributed by atoms with van der Waals surface area (Å²) in [5.41, 5.74) is 2.16. The van der Waals surface area contributed by atoms with Crippen LogP contribution in [0, 0.1) is 0 Å². The van der Waals surface area contributed by atoms with E-state index in [1.54, 1.807) is 4.90 Å². The molecule has 204 valence electrons. The Morgan fingerprint density at radius 3 is 2.49 bits per heavy atom. The molecule has 2 amide bonds. The molecule has 2 N–H and O–H groups in total. The number of anilines is 3. The van der Waals surface area contributed by atoms with Gasteiger partial charge in [-0.1, -0.05) is 41.7 Å². The van der Waals surface area contributed by atoms with Gasteiger partial charge in [0, 0.05) is 44.1 Å². The fourth-order valence-corrected chi connectivity index (χ4v) is 5.17. The second-order valence-corrected chi connectivity index (χ2v) is 10.2. The molecule has 1 saturated heterocycles. The summed E-state index contributed by atoms with van der Waals surface area (Å²) in [7, 11) is 0. The summed E-state index contributed by atoms with van der Waals surface area (Å²) in [6, 6.07) is 19.7. The first-order valence-corrected chi connectivity index (χ1v) is 13.4. The molecule has 0 bridgehead atoms. The van der Waals surface area contributed by atoms with Crippen molar-refractivity contribution in [2.45, 2.75) is 12.7 Å². The molecule has 0 unspecified atom stereocenters. The predicted molar refractivity (Wildman–Crippen MR) is 148 cm³/mol.